The number of amidine groups is 1. The van der Waals surface area contributed by atoms with Crippen LogP contribution in [-0.4, -0.2) is 59.7 Å². The molecule has 1 aromatic carbocycles. The van der Waals surface area contributed by atoms with Gasteiger partial charge in [0.1, 0.15) is 5.82 Å². The van der Waals surface area contributed by atoms with Crippen molar-refractivity contribution >= 4 is 43.9 Å². The lowest BCUT2D eigenvalue weighted by molar-refractivity contribution is -0.119. The first-order valence-electron chi connectivity index (χ1n) is 8.14. The van der Waals surface area contributed by atoms with Gasteiger partial charge in [-0.15, -0.1) is 0 Å². The second-order valence-corrected chi connectivity index (χ2v) is 9.34. The lowest BCUT2D eigenvalue weighted by atomic mass is 10.3. The molecule has 1 amide bonds. The quantitative estimate of drug-likeness (QED) is 0.814. The van der Waals surface area contributed by atoms with Gasteiger partial charge in [-0.25, -0.2) is 17.7 Å². The summed E-state index contributed by atoms with van der Waals surface area (Å²) in [7, 11) is 1.34. The van der Waals surface area contributed by atoms with Crippen LogP contribution in [0.15, 0.2) is 28.1 Å². The van der Waals surface area contributed by atoms with Gasteiger partial charge in [0.2, 0.25) is 15.9 Å². The van der Waals surface area contributed by atoms with E-state index in [1.807, 2.05) is 11.6 Å². The molecule has 0 aliphatic carbocycles. The zero-order valence-corrected chi connectivity index (χ0v) is 16.5. The first-order valence-corrected chi connectivity index (χ1v) is 10.6. The van der Waals surface area contributed by atoms with E-state index >= 15 is 0 Å². The lowest BCUT2D eigenvalue weighted by Gasteiger charge is -2.10. The number of hydrogen-bond acceptors (Lipinski definition) is 6. The standard InChI is InChI=1S/C16H21N5O3S2/c1-20(2)26(23,24)11-4-5-13-12(10-11)18-14(21(13)3)6-7-15(22)19-16-17-8-9-25-16/h4-5,10H,6-9H2,1-3H3,(H,17,19,22). The molecule has 0 atom stereocenters. The molecule has 1 aromatic heterocycles. The zero-order chi connectivity index (χ0) is 18.9. The highest BCUT2D eigenvalue weighted by Gasteiger charge is 2.19. The fourth-order valence-corrected chi connectivity index (χ4v) is 4.31. The molecule has 0 bridgehead atoms. The van der Waals surface area contributed by atoms with Crippen LogP contribution in [0.5, 0.6) is 0 Å². The molecule has 1 aliphatic rings. The molecular weight excluding hydrogens is 374 g/mol. The van der Waals surface area contributed by atoms with Crippen molar-refractivity contribution in [1.82, 2.24) is 19.2 Å². The number of carbonyl (C=O) groups excluding carboxylic acids is 1. The van der Waals surface area contributed by atoms with Crippen LogP contribution in [0.1, 0.15) is 12.2 Å². The van der Waals surface area contributed by atoms with E-state index in [-0.39, 0.29) is 10.8 Å². The Morgan fingerprint density at radius 1 is 1.38 bits per heavy atom. The predicted octanol–water partition coefficient (Wildman–Crippen LogP) is 0.975. The van der Waals surface area contributed by atoms with E-state index in [4.69, 9.17) is 0 Å². The highest BCUT2D eigenvalue weighted by molar-refractivity contribution is 8.14. The van der Waals surface area contributed by atoms with Gasteiger partial charge in [0.15, 0.2) is 5.17 Å². The van der Waals surface area contributed by atoms with Gasteiger partial charge in [0.25, 0.3) is 0 Å². The molecule has 0 unspecified atom stereocenters. The molecule has 0 radical (unpaired) electrons. The van der Waals surface area contributed by atoms with E-state index in [1.165, 1.54) is 18.4 Å². The van der Waals surface area contributed by atoms with Crippen molar-refractivity contribution in [1.29, 1.82) is 0 Å². The number of hydrogen-bond donors (Lipinski definition) is 1. The number of amides is 1. The Bertz CT molecular complexity index is 979. The maximum absolute atomic E-state index is 12.3. The number of rotatable bonds is 5. The van der Waals surface area contributed by atoms with Gasteiger partial charge in [-0.05, 0) is 18.2 Å². The van der Waals surface area contributed by atoms with Crippen molar-refractivity contribution in [2.75, 3.05) is 26.4 Å². The van der Waals surface area contributed by atoms with Crippen LogP contribution >= 0.6 is 11.8 Å². The van der Waals surface area contributed by atoms with E-state index in [1.54, 1.807) is 30.0 Å². The van der Waals surface area contributed by atoms with Gasteiger partial charge < -0.3 is 9.88 Å². The topological polar surface area (TPSA) is 96.7 Å². The first-order chi connectivity index (χ1) is 12.3. The summed E-state index contributed by atoms with van der Waals surface area (Å²) >= 11 is 1.54. The van der Waals surface area contributed by atoms with Gasteiger partial charge in [-0.1, -0.05) is 11.8 Å². The number of imidazole rings is 1. The number of aromatic nitrogens is 2. The number of aliphatic imine (C=N–C) groups is 1. The van der Waals surface area contributed by atoms with Crippen molar-refractivity contribution in [3.63, 3.8) is 0 Å². The molecule has 26 heavy (non-hydrogen) atoms. The van der Waals surface area contributed by atoms with E-state index in [2.05, 4.69) is 15.3 Å². The average Bonchev–Trinajstić information content (AvgIpc) is 3.20. The Hall–Kier alpha value is -1.91. The van der Waals surface area contributed by atoms with Crippen LogP contribution in [0.25, 0.3) is 11.0 Å². The van der Waals surface area contributed by atoms with Crippen LogP contribution in [-0.2, 0) is 28.3 Å². The fraction of sp³-hybridized carbons (Fsp3) is 0.438. The SMILES string of the molecule is CN(C)S(=O)(=O)c1ccc2c(c1)nc(CCC(=O)NC1=NCCS1)n2C. The summed E-state index contributed by atoms with van der Waals surface area (Å²) in [4.78, 5) is 20.9. The first kappa shape index (κ1) is 18.9. The van der Waals surface area contributed by atoms with Gasteiger partial charge in [0.05, 0.1) is 22.5 Å². The third-order valence-corrected chi connectivity index (χ3v) is 6.83. The summed E-state index contributed by atoms with van der Waals surface area (Å²) in [5, 5.41) is 3.48. The van der Waals surface area contributed by atoms with Crippen molar-refractivity contribution < 1.29 is 13.2 Å². The molecule has 2 aromatic rings. The monoisotopic (exact) mass is 395 g/mol. The highest BCUT2D eigenvalue weighted by atomic mass is 32.2. The average molecular weight is 396 g/mol. The van der Waals surface area contributed by atoms with Crippen molar-refractivity contribution in [2.24, 2.45) is 12.0 Å². The van der Waals surface area contributed by atoms with Gasteiger partial charge >= 0.3 is 0 Å². The van der Waals surface area contributed by atoms with Crippen LogP contribution in [0.4, 0.5) is 0 Å². The van der Waals surface area contributed by atoms with E-state index in [0.717, 1.165) is 23.6 Å². The van der Waals surface area contributed by atoms with Gasteiger partial charge in [0, 0.05) is 39.7 Å². The Kier molecular flexibility index (Phi) is 5.35. The number of nitrogens with zero attached hydrogens (tertiary/aromatic N) is 4. The third-order valence-electron chi connectivity index (χ3n) is 4.13. The highest BCUT2D eigenvalue weighted by Crippen LogP contribution is 2.22. The van der Waals surface area contributed by atoms with Crippen LogP contribution in [0.3, 0.4) is 0 Å². The number of sulfonamides is 1. The summed E-state index contributed by atoms with van der Waals surface area (Å²) in [6.07, 6.45) is 0.754. The molecule has 0 saturated carbocycles. The molecule has 1 aliphatic heterocycles. The second-order valence-electron chi connectivity index (χ2n) is 6.11. The summed E-state index contributed by atoms with van der Waals surface area (Å²) < 4.78 is 27.6. The van der Waals surface area contributed by atoms with Crippen LogP contribution in [0, 0.1) is 0 Å². The summed E-state index contributed by atoms with van der Waals surface area (Å²) in [6, 6.07) is 4.88. The summed E-state index contributed by atoms with van der Waals surface area (Å²) in [5.74, 6) is 1.54. The minimum absolute atomic E-state index is 0.0962. The Labute approximate surface area is 156 Å². The molecule has 1 N–H and O–H groups in total. The second kappa shape index (κ2) is 7.37. The van der Waals surface area contributed by atoms with E-state index < -0.39 is 10.0 Å². The minimum atomic E-state index is -3.51. The zero-order valence-electron chi connectivity index (χ0n) is 14.9. The maximum Gasteiger partial charge on any atom is 0.242 e. The molecule has 8 nitrogen and oxygen atoms in total. The molecule has 3 rings (SSSR count). The maximum atomic E-state index is 12.3. The summed E-state index contributed by atoms with van der Waals surface area (Å²) in [6.45, 7) is 0.739. The van der Waals surface area contributed by atoms with Gasteiger partial charge in [-0.2, -0.15) is 0 Å². The molecule has 10 heteroatoms. The number of carbonyl (C=O) groups is 1. The number of benzene rings is 1. The van der Waals surface area contributed by atoms with E-state index in [0.29, 0.717) is 23.5 Å². The molecule has 140 valence electrons. The van der Waals surface area contributed by atoms with Crippen molar-refractivity contribution in [3.05, 3.63) is 24.0 Å². The van der Waals surface area contributed by atoms with Gasteiger partial charge in [-0.3, -0.25) is 9.79 Å². The Balaban J connectivity index is 1.77. The Morgan fingerprint density at radius 2 is 2.15 bits per heavy atom. The van der Waals surface area contributed by atoms with Crippen molar-refractivity contribution in [2.45, 2.75) is 17.7 Å². The fourth-order valence-electron chi connectivity index (χ4n) is 2.64. The molecule has 0 saturated heterocycles. The molecule has 0 spiro atoms. The number of nitrogens with one attached hydrogen (secondary N) is 1. The number of aryl methyl sites for hydroxylation is 2. The smallest absolute Gasteiger partial charge is 0.242 e. The predicted molar refractivity (Wildman–Crippen MR) is 103 cm³/mol. The van der Waals surface area contributed by atoms with E-state index in [9.17, 15) is 13.2 Å². The normalized spacial score (nSPS) is 14.8. The number of fused-ring (bicyclic) bond motifs is 1. The molecular formula is C16H21N5O3S2. The lowest BCUT2D eigenvalue weighted by Crippen LogP contribution is -2.27. The third kappa shape index (κ3) is 3.76. The Morgan fingerprint density at radius 3 is 2.81 bits per heavy atom. The molecule has 0 fully saturated rings. The summed E-state index contributed by atoms with van der Waals surface area (Å²) in [5.41, 5.74) is 1.43. The minimum Gasteiger partial charge on any atom is -0.331 e. The van der Waals surface area contributed by atoms with Crippen molar-refractivity contribution in [3.8, 4) is 0 Å². The van der Waals surface area contributed by atoms with Crippen LogP contribution in [0.2, 0.25) is 0 Å². The van der Waals surface area contributed by atoms with Crippen LogP contribution < -0.4 is 5.32 Å². The number of thioether (sulfide) groups is 1. The largest absolute Gasteiger partial charge is 0.331 e. The molecule has 2 heterocycles.